The van der Waals surface area contributed by atoms with Gasteiger partial charge in [-0.3, -0.25) is 5.41 Å². The molecule has 1 N–H and O–H groups in total. The van der Waals surface area contributed by atoms with Crippen molar-refractivity contribution in [2.75, 3.05) is 0 Å². The van der Waals surface area contributed by atoms with E-state index in [1.165, 1.54) is 0 Å². The van der Waals surface area contributed by atoms with Gasteiger partial charge in [-0.05, 0) is 28.4 Å². The number of rotatable bonds is 1. The predicted molar refractivity (Wildman–Crippen MR) is 31.5 cm³/mol. The average molecular weight is 148 g/mol. The maximum absolute atomic E-state index is 6.77. The molecule has 0 heterocycles. The highest BCUT2D eigenvalue weighted by molar-refractivity contribution is 9.18. The summed E-state index contributed by atoms with van der Waals surface area (Å²) < 4.78 is 0.377. The van der Waals surface area contributed by atoms with Crippen LogP contribution < -0.4 is 0 Å². The topological polar surface area (TPSA) is 23.9 Å². The lowest BCUT2D eigenvalue weighted by molar-refractivity contribution is 1.51. The van der Waals surface area contributed by atoms with Crippen LogP contribution in [0.15, 0.2) is 12.2 Å². The van der Waals surface area contributed by atoms with Gasteiger partial charge in [0.05, 0.1) is 4.62 Å². The van der Waals surface area contributed by atoms with E-state index in [0.717, 1.165) is 5.57 Å². The van der Waals surface area contributed by atoms with Crippen molar-refractivity contribution in [1.29, 1.82) is 5.41 Å². The highest BCUT2D eigenvalue weighted by Crippen LogP contribution is 1.95. The molecule has 0 bridgehead atoms. The molecule has 1 nitrogen and oxygen atoms in total. The number of hydrogen-bond acceptors (Lipinski definition) is 1. The molecular formula is C4H6BrN. The SMILES string of the molecule is C=C(C)C(=N)Br. The Morgan fingerprint density at radius 2 is 2.00 bits per heavy atom. The second-order valence-electron chi connectivity index (χ2n) is 1.09. The fourth-order valence-corrected chi connectivity index (χ4v) is 0. The average Bonchev–Trinajstić information content (AvgIpc) is 1.36. The molecule has 0 aromatic carbocycles. The summed E-state index contributed by atoms with van der Waals surface area (Å²) in [5, 5.41) is 6.77. The van der Waals surface area contributed by atoms with Crippen molar-refractivity contribution >= 4 is 20.6 Å². The third-order valence-corrected chi connectivity index (χ3v) is 1.05. The zero-order valence-electron chi connectivity index (χ0n) is 3.59. The summed E-state index contributed by atoms with van der Waals surface area (Å²) in [5.41, 5.74) is 0.759. The Kier molecular flexibility index (Phi) is 2.09. The highest BCUT2D eigenvalue weighted by atomic mass is 79.9. The van der Waals surface area contributed by atoms with Crippen LogP contribution in [0.1, 0.15) is 6.92 Å². The van der Waals surface area contributed by atoms with Gasteiger partial charge < -0.3 is 0 Å². The van der Waals surface area contributed by atoms with E-state index in [0.29, 0.717) is 4.62 Å². The largest absolute Gasteiger partial charge is 0.293 e. The van der Waals surface area contributed by atoms with Gasteiger partial charge in [0.25, 0.3) is 0 Å². The van der Waals surface area contributed by atoms with Crippen LogP contribution in [0, 0.1) is 5.41 Å². The molecule has 0 atom stereocenters. The lowest BCUT2D eigenvalue weighted by Crippen LogP contribution is -1.78. The van der Waals surface area contributed by atoms with Crippen molar-refractivity contribution in [2.45, 2.75) is 6.92 Å². The summed E-state index contributed by atoms with van der Waals surface area (Å²) in [4.78, 5) is 0. The molecule has 0 saturated heterocycles. The molecule has 0 aromatic heterocycles. The van der Waals surface area contributed by atoms with Gasteiger partial charge in [-0.2, -0.15) is 0 Å². The second-order valence-corrected chi connectivity index (χ2v) is 1.89. The van der Waals surface area contributed by atoms with Gasteiger partial charge in [0.15, 0.2) is 0 Å². The van der Waals surface area contributed by atoms with Crippen molar-refractivity contribution in [3.8, 4) is 0 Å². The van der Waals surface area contributed by atoms with Crippen molar-refractivity contribution in [2.24, 2.45) is 0 Å². The third kappa shape index (κ3) is 2.15. The minimum Gasteiger partial charge on any atom is -0.293 e. The molecule has 2 heteroatoms. The Bertz CT molecular complexity index is 73.5. The first-order valence-electron chi connectivity index (χ1n) is 1.54. The molecular weight excluding hydrogens is 142 g/mol. The Morgan fingerprint density at radius 1 is 1.83 bits per heavy atom. The van der Waals surface area contributed by atoms with Gasteiger partial charge in [0.1, 0.15) is 0 Å². The quantitative estimate of drug-likeness (QED) is 0.549. The molecule has 0 aliphatic rings. The van der Waals surface area contributed by atoms with Crippen molar-refractivity contribution < 1.29 is 0 Å². The van der Waals surface area contributed by atoms with E-state index in [1.807, 2.05) is 0 Å². The second kappa shape index (κ2) is 2.13. The Hall–Kier alpha value is -0.110. The molecule has 0 aliphatic heterocycles. The van der Waals surface area contributed by atoms with Crippen LogP contribution in [-0.2, 0) is 0 Å². The van der Waals surface area contributed by atoms with Crippen LogP contribution in [0.2, 0.25) is 0 Å². The summed E-state index contributed by atoms with van der Waals surface area (Å²) in [6, 6.07) is 0. The fraction of sp³-hybridized carbons (Fsp3) is 0.250. The van der Waals surface area contributed by atoms with E-state index < -0.39 is 0 Å². The van der Waals surface area contributed by atoms with E-state index in [9.17, 15) is 0 Å². The van der Waals surface area contributed by atoms with Crippen LogP contribution in [0.25, 0.3) is 0 Å². The minimum absolute atomic E-state index is 0.377. The van der Waals surface area contributed by atoms with E-state index in [1.54, 1.807) is 6.92 Å². The zero-order valence-corrected chi connectivity index (χ0v) is 5.17. The summed E-state index contributed by atoms with van der Waals surface area (Å²) in [5.74, 6) is 0. The predicted octanol–water partition coefficient (Wildman–Crippen LogP) is 1.93. The summed E-state index contributed by atoms with van der Waals surface area (Å²) in [6.07, 6.45) is 0. The van der Waals surface area contributed by atoms with Crippen molar-refractivity contribution in [3.63, 3.8) is 0 Å². The van der Waals surface area contributed by atoms with Crippen LogP contribution in [0.4, 0.5) is 0 Å². The first kappa shape index (κ1) is 5.89. The minimum atomic E-state index is 0.377. The summed E-state index contributed by atoms with van der Waals surface area (Å²) in [7, 11) is 0. The van der Waals surface area contributed by atoms with Gasteiger partial charge in [-0.15, -0.1) is 0 Å². The first-order chi connectivity index (χ1) is 2.64. The molecule has 6 heavy (non-hydrogen) atoms. The van der Waals surface area contributed by atoms with Crippen LogP contribution in [-0.4, -0.2) is 4.62 Å². The molecule has 0 fully saturated rings. The number of allylic oxidation sites excluding steroid dienone is 1. The molecule has 34 valence electrons. The molecule has 0 aromatic rings. The summed E-state index contributed by atoms with van der Waals surface area (Å²) in [6.45, 7) is 5.26. The molecule has 0 unspecified atom stereocenters. The molecule has 0 radical (unpaired) electrons. The standard InChI is InChI=1S/C4H6BrN/c1-3(2)4(5)6/h6H,1H2,2H3. The van der Waals surface area contributed by atoms with Gasteiger partial charge in [0, 0.05) is 0 Å². The van der Waals surface area contributed by atoms with Gasteiger partial charge in [-0.1, -0.05) is 6.58 Å². The molecule has 0 spiro atoms. The third-order valence-electron chi connectivity index (χ3n) is 0.375. The van der Waals surface area contributed by atoms with E-state index >= 15 is 0 Å². The van der Waals surface area contributed by atoms with Crippen molar-refractivity contribution in [3.05, 3.63) is 12.2 Å². The maximum atomic E-state index is 6.77. The van der Waals surface area contributed by atoms with E-state index in [2.05, 4.69) is 22.5 Å². The van der Waals surface area contributed by atoms with Crippen LogP contribution >= 0.6 is 15.9 Å². The lowest BCUT2D eigenvalue weighted by atomic mass is 10.4. The first-order valence-corrected chi connectivity index (χ1v) is 2.34. The van der Waals surface area contributed by atoms with Crippen LogP contribution in [0.5, 0.6) is 0 Å². The molecule has 0 aliphatic carbocycles. The number of halogens is 1. The smallest absolute Gasteiger partial charge is 0.0990 e. The Balaban J connectivity index is 3.57. The number of hydrogen-bond donors (Lipinski definition) is 1. The monoisotopic (exact) mass is 147 g/mol. The molecule has 0 amide bonds. The van der Waals surface area contributed by atoms with E-state index in [4.69, 9.17) is 5.41 Å². The van der Waals surface area contributed by atoms with Gasteiger partial charge in [0.2, 0.25) is 0 Å². The molecule has 0 saturated carbocycles. The highest BCUT2D eigenvalue weighted by Gasteiger charge is 1.83. The van der Waals surface area contributed by atoms with Crippen molar-refractivity contribution in [1.82, 2.24) is 0 Å². The van der Waals surface area contributed by atoms with Crippen LogP contribution in [0.3, 0.4) is 0 Å². The lowest BCUT2D eigenvalue weighted by Gasteiger charge is -1.83. The normalized spacial score (nSPS) is 7.67. The summed E-state index contributed by atoms with van der Waals surface area (Å²) >= 11 is 2.92. The zero-order chi connectivity index (χ0) is 5.15. The Labute approximate surface area is 45.7 Å². The maximum Gasteiger partial charge on any atom is 0.0990 e. The van der Waals surface area contributed by atoms with Gasteiger partial charge >= 0.3 is 0 Å². The van der Waals surface area contributed by atoms with E-state index in [-0.39, 0.29) is 0 Å². The Morgan fingerprint density at radius 3 is 2.00 bits per heavy atom. The number of nitrogens with one attached hydrogen (secondary N) is 1. The molecule has 0 rings (SSSR count). The van der Waals surface area contributed by atoms with Gasteiger partial charge in [-0.25, -0.2) is 0 Å². The fourth-order valence-electron chi connectivity index (χ4n) is 0.